The monoisotopic (exact) mass is 557 g/mol. The number of hydrogen-bond donors (Lipinski definition) is 2. The number of β-amino-alcohol motifs (C(OH)–C–C–N with tert-alkyl or cyclic N) is 1. The molecule has 9 nitrogen and oxygen atoms in total. The molecule has 5 atom stereocenters. The van der Waals surface area contributed by atoms with Gasteiger partial charge in [-0.3, -0.25) is 9.69 Å². The summed E-state index contributed by atoms with van der Waals surface area (Å²) < 4.78 is 40.5. The number of rotatable bonds is 7. The summed E-state index contributed by atoms with van der Waals surface area (Å²) >= 11 is 0. The highest BCUT2D eigenvalue weighted by Crippen LogP contribution is 2.31. The Labute approximate surface area is 231 Å². The van der Waals surface area contributed by atoms with E-state index in [-0.39, 0.29) is 49.1 Å². The molecule has 2 N–H and O–H groups in total. The molecule has 3 saturated heterocycles. The summed E-state index contributed by atoms with van der Waals surface area (Å²) in [5.74, 6) is -0.0451. The van der Waals surface area contributed by atoms with Gasteiger partial charge in [-0.2, -0.15) is 4.31 Å². The molecule has 3 fully saturated rings. The number of nitrogens with one attached hydrogen (secondary N) is 1. The van der Waals surface area contributed by atoms with Crippen molar-refractivity contribution in [3.05, 3.63) is 65.7 Å². The van der Waals surface area contributed by atoms with Gasteiger partial charge in [-0.15, -0.1) is 0 Å². The van der Waals surface area contributed by atoms with Crippen LogP contribution in [0, 0.1) is 6.92 Å². The fourth-order valence-corrected chi connectivity index (χ4v) is 7.56. The Hall–Kier alpha value is -2.34. The third-order valence-electron chi connectivity index (χ3n) is 7.86. The van der Waals surface area contributed by atoms with Crippen molar-refractivity contribution >= 4 is 15.9 Å². The van der Waals surface area contributed by atoms with Gasteiger partial charge in [0.15, 0.2) is 0 Å². The number of aryl methyl sites for hydroxylation is 1. The number of ether oxygens (including phenoxy) is 2. The maximum Gasteiger partial charge on any atom is 0.243 e. The molecule has 212 valence electrons. The standard InChI is InChI=1S/C29H39N3O6S/c1-21-7-10-26(11-8-21)39(35,36)32-18-24(33)19-37-20-28-27(32)12-9-25(38-28)15-29(34)30-23-13-14-31(17-23)16-22-5-3-2-4-6-22/h2-8,10-11,23-25,27-28,33H,9,12-20H2,1H3,(H,30,34)/t23-,24-,25+,27-,28+/m1/s1. The number of fused-ring (bicyclic) bond motifs is 1. The van der Waals surface area contributed by atoms with Crippen LogP contribution < -0.4 is 5.32 Å². The summed E-state index contributed by atoms with van der Waals surface area (Å²) in [5.41, 5.74) is 2.23. The topological polar surface area (TPSA) is 108 Å². The van der Waals surface area contributed by atoms with Crippen molar-refractivity contribution < 1.29 is 27.8 Å². The lowest BCUT2D eigenvalue weighted by molar-refractivity contribution is -0.146. The van der Waals surface area contributed by atoms with Crippen molar-refractivity contribution in [2.24, 2.45) is 0 Å². The van der Waals surface area contributed by atoms with Gasteiger partial charge in [-0.25, -0.2) is 8.42 Å². The average molecular weight is 558 g/mol. The number of likely N-dealkylation sites (tertiary alicyclic amines) is 1. The lowest BCUT2D eigenvalue weighted by Gasteiger charge is -2.43. The Morgan fingerprint density at radius 1 is 1.03 bits per heavy atom. The van der Waals surface area contributed by atoms with Gasteiger partial charge < -0.3 is 19.9 Å². The van der Waals surface area contributed by atoms with E-state index < -0.39 is 28.3 Å². The molecule has 3 aliphatic rings. The molecule has 0 spiro atoms. The van der Waals surface area contributed by atoms with E-state index in [9.17, 15) is 18.3 Å². The molecular formula is C29H39N3O6S. The number of carbonyl (C=O) groups excluding carboxylic acids is 1. The molecule has 0 aliphatic carbocycles. The van der Waals surface area contributed by atoms with Gasteiger partial charge in [-0.1, -0.05) is 48.0 Å². The fraction of sp³-hybridized carbons (Fsp3) is 0.552. The van der Waals surface area contributed by atoms with Gasteiger partial charge >= 0.3 is 0 Å². The molecule has 0 radical (unpaired) electrons. The second-order valence-electron chi connectivity index (χ2n) is 11.0. The van der Waals surface area contributed by atoms with Crippen molar-refractivity contribution in [2.75, 3.05) is 32.8 Å². The number of nitrogens with zero attached hydrogens (tertiary/aromatic N) is 2. The Bertz CT molecular complexity index is 1210. The number of hydrogen-bond acceptors (Lipinski definition) is 7. The number of carbonyl (C=O) groups is 1. The second-order valence-corrected chi connectivity index (χ2v) is 12.9. The predicted octanol–water partition coefficient (Wildman–Crippen LogP) is 2.07. The lowest BCUT2D eigenvalue weighted by Crippen LogP contribution is -2.57. The van der Waals surface area contributed by atoms with E-state index in [0.717, 1.165) is 31.6 Å². The lowest BCUT2D eigenvalue weighted by atomic mass is 9.96. The SMILES string of the molecule is Cc1ccc(S(=O)(=O)N2C[C@@H](O)COC[C@@H]3O[C@H](CC(=O)N[C@@H]4CCN(Cc5ccccc5)C4)CC[C@H]32)cc1. The van der Waals surface area contributed by atoms with E-state index in [1.165, 1.54) is 9.87 Å². The minimum absolute atomic E-state index is 0.0266. The van der Waals surface area contributed by atoms with Crippen LogP contribution in [0.4, 0.5) is 0 Å². The van der Waals surface area contributed by atoms with E-state index in [1.54, 1.807) is 24.3 Å². The summed E-state index contributed by atoms with van der Waals surface area (Å²) in [7, 11) is -3.85. The Kier molecular flexibility index (Phi) is 9.00. The minimum atomic E-state index is -3.85. The zero-order chi connectivity index (χ0) is 27.4. The van der Waals surface area contributed by atoms with Crippen LogP contribution in [0.1, 0.15) is 36.8 Å². The highest BCUT2D eigenvalue weighted by atomic mass is 32.2. The number of sulfonamides is 1. The summed E-state index contributed by atoms with van der Waals surface area (Å²) in [6, 6.07) is 16.7. The van der Waals surface area contributed by atoms with Crippen LogP contribution in [0.15, 0.2) is 59.5 Å². The maximum absolute atomic E-state index is 13.6. The number of aliphatic hydroxyl groups is 1. The molecule has 0 aromatic heterocycles. The van der Waals surface area contributed by atoms with Crippen LogP contribution in [0.25, 0.3) is 0 Å². The first kappa shape index (κ1) is 28.2. The number of benzene rings is 2. The van der Waals surface area contributed by atoms with Crippen molar-refractivity contribution in [1.29, 1.82) is 0 Å². The highest BCUT2D eigenvalue weighted by Gasteiger charge is 2.43. The molecule has 2 aromatic rings. The predicted molar refractivity (Wildman–Crippen MR) is 146 cm³/mol. The maximum atomic E-state index is 13.6. The number of aliphatic hydroxyl groups excluding tert-OH is 1. The van der Waals surface area contributed by atoms with Crippen LogP contribution in [-0.4, -0.2) is 91.9 Å². The third kappa shape index (κ3) is 7.06. The summed E-state index contributed by atoms with van der Waals surface area (Å²) in [5, 5.41) is 13.6. The highest BCUT2D eigenvalue weighted by molar-refractivity contribution is 7.89. The zero-order valence-corrected chi connectivity index (χ0v) is 23.3. The first-order valence-electron chi connectivity index (χ1n) is 13.8. The summed E-state index contributed by atoms with van der Waals surface area (Å²) in [6.45, 7) is 4.67. The zero-order valence-electron chi connectivity index (χ0n) is 22.4. The summed E-state index contributed by atoms with van der Waals surface area (Å²) in [4.78, 5) is 15.5. The molecule has 10 heteroatoms. The van der Waals surface area contributed by atoms with E-state index >= 15 is 0 Å². The first-order chi connectivity index (χ1) is 18.8. The van der Waals surface area contributed by atoms with Crippen molar-refractivity contribution in [3.63, 3.8) is 0 Å². The van der Waals surface area contributed by atoms with Crippen LogP contribution >= 0.6 is 0 Å². The molecular weight excluding hydrogens is 518 g/mol. The van der Waals surface area contributed by atoms with E-state index in [2.05, 4.69) is 22.3 Å². The second kappa shape index (κ2) is 12.4. The first-order valence-corrected chi connectivity index (χ1v) is 15.3. The molecule has 39 heavy (non-hydrogen) atoms. The third-order valence-corrected chi connectivity index (χ3v) is 9.77. The van der Waals surface area contributed by atoms with Gasteiger partial charge in [0.2, 0.25) is 15.9 Å². The van der Waals surface area contributed by atoms with Gasteiger partial charge in [0.1, 0.15) is 0 Å². The van der Waals surface area contributed by atoms with Crippen molar-refractivity contribution in [2.45, 2.75) is 74.4 Å². The summed E-state index contributed by atoms with van der Waals surface area (Å²) in [6.07, 6.45) is 0.459. The Morgan fingerprint density at radius 2 is 1.79 bits per heavy atom. The molecule has 3 heterocycles. The molecule has 0 saturated carbocycles. The van der Waals surface area contributed by atoms with Gasteiger partial charge in [0.25, 0.3) is 0 Å². The molecule has 3 aliphatic heterocycles. The quantitative estimate of drug-likeness (QED) is 0.537. The smallest absolute Gasteiger partial charge is 0.243 e. The van der Waals surface area contributed by atoms with Gasteiger partial charge in [0.05, 0.1) is 48.9 Å². The van der Waals surface area contributed by atoms with E-state index in [0.29, 0.717) is 12.8 Å². The van der Waals surface area contributed by atoms with E-state index in [4.69, 9.17) is 9.47 Å². The van der Waals surface area contributed by atoms with E-state index in [1.807, 2.05) is 25.1 Å². The molecule has 2 aromatic carbocycles. The van der Waals surface area contributed by atoms with Crippen LogP contribution in [0.3, 0.4) is 0 Å². The fourth-order valence-electron chi connectivity index (χ4n) is 5.85. The van der Waals surface area contributed by atoms with Gasteiger partial charge in [0, 0.05) is 32.2 Å². The molecule has 0 bridgehead atoms. The normalized spacial score (nSPS) is 28.8. The molecule has 5 rings (SSSR count). The molecule has 1 amide bonds. The molecule has 0 unspecified atom stereocenters. The van der Waals surface area contributed by atoms with Crippen molar-refractivity contribution in [1.82, 2.24) is 14.5 Å². The largest absolute Gasteiger partial charge is 0.389 e. The Balaban J connectivity index is 1.18. The van der Waals surface area contributed by atoms with Crippen LogP contribution in [0.2, 0.25) is 0 Å². The average Bonchev–Trinajstić information content (AvgIpc) is 3.33. The van der Waals surface area contributed by atoms with Crippen LogP contribution in [-0.2, 0) is 30.8 Å². The number of amides is 1. The van der Waals surface area contributed by atoms with Crippen LogP contribution in [0.5, 0.6) is 0 Å². The minimum Gasteiger partial charge on any atom is -0.389 e. The Morgan fingerprint density at radius 3 is 2.56 bits per heavy atom. The van der Waals surface area contributed by atoms with Gasteiger partial charge in [-0.05, 0) is 43.9 Å². The van der Waals surface area contributed by atoms with Crippen molar-refractivity contribution in [3.8, 4) is 0 Å².